The predicted molar refractivity (Wildman–Crippen MR) is 85.0 cm³/mol. The molecule has 1 unspecified atom stereocenters. The van der Waals surface area contributed by atoms with E-state index in [1.807, 2.05) is 6.92 Å². The minimum atomic E-state index is -0.358. The van der Waals surface area contributed by atoms with Gasteiger partial charge in [0.2, 0.25) is 5.91 Å². The van der Waals surface area contributed by atoms with Crippen molar-refractivity contribution in [2.45, 2.75) is 31.7 Å². The number of ether oxygens (including phenoxy) is 1. The molecule has 0 saturated carbocycles. The fourth-order valence-corrected chi connectivity index (χ4v) is 2.60. The fraction of sp³-hybridized carbons (Fsp3) is 0.923. The molecule has 7 heteroatoms. The predicted octanol–water partition coefficient (Wildman–Crippen LogP) is 0.811. The molecule has 0 aromatic carbocycles. The summed E-state index contributed by atoms with van der Waals surface area (Å²) in [7, 11) is 0. The lowest BCUT2D eigenvalue weighted by Gasteiger charge is -2.34. The highest BCUT2D eigenvalue weighted by molar-refractivity contribution is 5.86. The topological polar surface area (TPSA) is 53.6 Å². The summed E-state index contributed by atoms with van der Waals surface area (Å²) >= 11 is 0. The van der Waals surface area contributed by atoms with Crippen LogP contribution in [-0.4, -0.2) is 62.3 Å². The summed E-state index contributed by atoms with van der Waals surface area (Å²) in [6.07, 6.45) is 3.26. The van der Waals surface area contributed by atoms with Gasteiger partial charge in [-0.3, -0.25) is 9.69 Å². The van der Waals surface area contributed by atoms with Crippen LogP contribution in [0.15, 0.2) is 0 Å². The Bertz CT molecular complexity index is 281. The van der Waals surface area contributed by atoms with Gasteiger partial charge in [-0.2, -0.15) is 0 Å². The first-order chi connectivity index (χ1) is 8.71. The Hall–Kier alpha value is -0.0700. The van der Waals surface area contributed by atoms with Gasteiger partial charge in [-0.05, 0) is 32.7 Å². The fourth-order valence-electron chi connectivity index (χ4n) is 2.60. The minimum absolute atomic E-state index is 0. The number of amides is 1. The number of carbonyl (C=O) groups is 1. The van der Waals surface area contributed by atoms with Crippen molar-refractivity contribution in [2.75, 3.05) is 45.9 Å². The van der Waals surface area contributed by atoms with Crippen LogP contribution >= 0.6 is 24.8 Å². The largest absolute Gasteiger partial charge is 0.379 e. The van der Waals surface area contributed by atoms with Gasteiger partial charge in [-0.1, -0.05) is 0 Å². The molecular formula is C13H27Cl2N3O2. The summed E-state index contributed by atoms with van der Waals surface area (Å²) in [4.78, 5) is 14.5. The number of halogens is 2. The summed E-state index contributed by atoms with van der Waals surface area (Å²) in [5.74, 6) is 0.149. The van der Waals surface area contributed by atoms with Gasteiger partial charge in [-0.15, -0.1) is 24.8 Å². The zero-order chi connectivity index (χ0) is 12.8. The molecule has 2 N–H and O–H groups in total. The average Bonchev–Trinajstić information content (AvgIpc) is 2.41. The number of nitrogens with zero attached hydrogens (tertiary/aromatic N) is 1. The van der Waals surface area contributed by atoms with E-state index >= 15 is 0 Å². The van der Waals surface area contributed by atoms with Gasteiger partial charge in [0.25, 0.3) is 0 Å². The van der Waals surface area contributed by atoms with Gasteiger partial charge in [0, 0.05) is 26.2 Å². The van der Waals surface area contributed by atoms with Crippen LogP contribution in [0.1, 0.15) is 26.2 Å². The molecule has 1 atom stereocenters. The van der Waals surface area contributed by atoms with Gasteiger partial charge >= 0.3 is 0 Å². The van der Waals surface area contributed by atoms with Crippen molar-refractivity contribution in [1.29, 1.82) is 0 Å². The Morgan fingerprint density at radius 3 is 2.60 bits per heavy atom. The molecule has 0 spiro atoms. The molecule has 120 valence electrons. The number of nitrogens with one attached hydrogen (secondary N) is 2. The van der Waals surface area contributed by atoms with Crippen molar-refractivity contribution in [3.05, 3.63) is 0 Å². The number of hydrogen-bond donors (Lipinski definition) is 2. The normalized spacial score (nSPS) is 27.1. The Labute approximate surface area is 134 Å². The smallest absolute Gasteiger partial charge is 0.240 e. The quantitative estimate of drug-likeness (QED) is 0.802. The molecule has 0 aromatic rings. The Kier molecular flexibility index (Phi) is 9.76. The van der Waals surface area contributed by atoms with E-state index in [0.717, 1.165) is 58.8 Å². The monoisotopic (exact) mass is 327 g/mol. The van der Waals surface area contributed by atoms with E-state index in [-0.39, 0.29) is 36.3 Å². The molecule has 1 amide bonds. The van der Waals surface area contributed by atoms with Gasteiger partial charge in [0.1, 0.15) is 0 Å². The van der Waals surface area contributed by atoms with E-state index in [1.165, 1.54) is 6.42 Å². The standard InChI is InChI=1S/C13H25N3O2.2ClH/c1-13(4-2-3-5-15-13)12(17)14-6-7-16-8-10-18-11-9-16;;/h15H,2-11H2,1H3,(H,14,17);2*1H. The molecule has 2 rings (SSSR count). The molecule has 0 aromatic heterocycles. The van der Waals surface area contributed by atoms with Crippen molar-refractivity contribution in [3.8, 4) is 0 Å². The molecule has 0 radical (unpaired) electrons. The first-order valence-corrected chi connectivity index (χ1v) is 7.04. The third-order valence-corrected chi connectivity index (χ3v) is 3.94. The number of carbonyl (C=O) groups excluding carboxylic acids is 1. The number of hydrogen-bond acceptors (Lipinski definition) is 4. The van der Waals surface area contributed by atoms with Crippen LogP contribution in [0, 0.1) is 0 Å². The molecular weight excluding hydrogens is 301 g/mol. The van der Waals surface area contributed by atoms with Crippen molar-refractivity contribution in [1.82, 2.24) is 15.5 Å². The summed E-state index contributed by atoms with van der Waals surface area (Å²) in [5, 5.41) is 6.39. The highest BCUT2D eigenvalue weighted by atomic mass is 35.5. The van der Waals surface area contributed by atoms with Crippen LogP contribution < -0.4 is 10.6 Å². The summed E-state index contributed by atoms with van der Waals surface area (Å²) in [6, 6.07) is 0. The first-order valence-electron chi connectivity index (χ1n) is 7.04. The molecule has 0 aliphatic carbocycles. The lowest BCUT2D eigenvalue weighted by Crippen LogP contribution is -2.57. The maximum atomic E-state index is 12.1. The third-order valence-electron chi connectivity index (χ3n) is 3.94. The van der Waals surface area contributed by atoms with Gasteiger partial charge in [0.15, 0.2) is 0 Å². The molecule has 2 heterocycles. The third kappa shape index (κ3) is 5.74. The van der Waals surface area contributed by atoms with Crippen LogP contribution in [-0.2, 0) is 9.53 Å². The maximum absolute atomic E-state index is 12.1. The van der Waals surface area contributed by atoms with Crippen LogP contribution in [0.5, 0.6) is 0 Å². The van der Waals surface area contributed by atoms with E-state index in [2.05, 4.69) is 15.5 Å². The van der Waals surface area contributed by atoms with Crippen LogP contribution in [0.25, 0.3) is 0 Å². The molecule has 0 bridgehead atoms. The first kappa shape index (κ1) is 19.9. The Morgan fingerprint density at radius 1 is 1.30 bits per heavy atom. The van der Waals surface area contributed by atoms with E-state index in [0.29, 0.717) is 0 Å². The second kappa shape index (κ2) is 9.79. The Balaban J connectivity index is 0.00000180. The summed E-state index contributed by atoms with van der Waals surface area (Å²) in [5.41, 5.74) is -0.358. The van der Waals surface area contributed by atoms with Gasteiger partial charge in [-0.25, -0.2) is 0 Å². The number of rotatable bonds is 4. The zero-order valence-corrected chi connectivity index (χ0v) is 13.8. The van der Waals surface area contributed by atoms with Crippen LogP contribution in [0.3, 0.4) is 0 Å². The van der Waals surface area contributed by atoms with Crippen molar-refractivity contribution < 1.29 is 9.53 Å². The maximum Gasteiger partial charge on any atom is 0.240 e. The summed E-state index contributed by atoms with van der Waals surface area (Å²) < 4.78 is 5.30. The van der Waals surface area contributed by atoms with Crippen LogP contribution in [0.4, 0.5) is 0 Å². The Morgan fingerprint density at radius 2 is 2.00 bits per heavy atom. The number of piperidine rings is 1. The van der Waals surface area contributed by atoms with Crippen LogP contribution in [0.2, 0.25) is 0 Å². The number of morpholine rings is 1. The summed E-state index contributed by atoms with van der Waals surface area (Å²) in [6.45, 7) is 8.20. The van der Waals surface area contributed by atoms with E-state index < -0.39 is 0 Å². The van der Waals surface area contributed by atoms with Gasteiger partial charge in [0.05, 0.1) is 18.8 Å². The molecule has 2 saturated heterocycles. The molecule has 5 nitrogen and oxygen atoms in total. The second-order valence-electron chi connectivity index (χ2n) is 5.43. The lowest BCUT2D eigenvalue weighted by molar-refractivity contribution is -0.128. The molecule has 20 heavy (non-hydrogen) atoms. The molecule has 2 aliphatic rings. The van der Waals surface area contributed by atoms with E-state index in [1.54, 1.807) is 0 Å². The van der Waals surface area contributed by atoms with Gasteiger partial charge < -0.3 is 15.4 Å². The SMILES string of the molecule is CC1(C(=O)NCCN2CCOCC2)CCCCN1.Cl.Cl. The lowest BCUT2D eigenvalue weighted by atomic mass is 9.90. The van der Waals surface area contributed by atoms with Crippen molar-refractivity contribution in [3.63, 3.8) is 0 Å². The highest BCUT2D eigenvalue weighted by Crippen LogP contribution is 2.18. The van der Waals surface area contributed by atoms with Crippen molar-refractivity contribution >= 4 is 30.7 Å². The minimum Gasteiger partial charge on any atom is -0.379 e. The van der Waals surface area contributed by atoms with E-state index in [4.69, 9.17) is 4.74 Å². The van der Waals surface area contributed by atoms with Crippen molar-refractivity contribution in [2.24, 2.45) is 0 Å². The second-order valence-corrected chi connectivity index (χ2v) is 5.43. The molecule has 2 aliphatic heterocycles. The molecule has 2 fully saturated rings. The average molecular weight is 328 g/mol. The highest BCUT2D eigenvalue weighted by Gasteiger charge is 2.33. The van der Waals surface area contributed by atoms with E-state index in [9.17, 15) is 4.79 Å². The zero-order valence-electron chi connectivity index (χ0n) is 12.2.